The minimum absolute atomic E-state index is 0.381. The van der Waals surface area contributed by atoms with Crippen LogP contribution in [0.25, 0.3) is 0 Å². The van der Waals surface area contributed by atoms with E-state index in [2.05, 4.69) is 24.1 Å². The van der Waals surface area contributed by atoms with Crippen molar-refractivity contribution in [3.63, 3.8) is 0 Å². The molecule has 1 N–H and O–H groups in total. The van der Waals surface area contributed by atoms with E-state index >= 15 is 0 Å². The van der Waals surface area contributed by atoms with E-state index < -0.39 is 0 Å². The van der Waals surface area contributed by atoms with Gasteiger partial charge in [0.1, 0.15) is 0 Å². The molecule has 2 aliphatic rings. The minimum atomic E-state index is 0.381. The highest BCUT2D eigenvalue weighted by Gasteiger charge is 2.24. The second kappa shape index (κ2) is 8.77. The van der Waals surface area contributed by atoms with Crippen LogP contribution in [0.2, 0.25) is 0 Å². The third kappa shape index (κ3) is 5.98. The maximum atomic E-state index is 12.2. The fourth-order valence-corrected chi connectivity index (χ4v) is 3.73. The Kier molecular flexibility index (Phi) is 7.01. The van der Waals surface area contributed by atoms with E-state index in [1.54, 1.807) is 0 Å². The lowest BCUT2D eigenvalue weighted by atomic mass is 9.94. The highest BCUT2D eigenvalue weighted by atomic mass is 16.2. The summed E-state index contributed by atoms with van der Waals surface area (Å²) in [6.45, 7) is 6.44. The van der Waals surface area contributed by atoms with E-state index in [4.69, 9.17) is 0 Å². The predicted octanol–water partition coefficient (Wildman–Crippen LogP) is 3.73. The summed E-state index contributed by atoms with van der Waals surface area (Å²) < 4.78 is 0. The van der Waals surface area contributed by atoms with Crippen LogP contribution in [0.3, 0.4) is 0 Å². The van der Waals surface area contributed by atoms with Crippen LogP contribution in [0.4, 0.5) is 0 Å². The van der Waals surface area contributed by atoms with Gasteiger partial charge in [-0.1, -0.05) is 33.1 Å². The average molecular weight is 294 g/mol. The topological polar surface area (TPSA) is 32.3 Å². The number of hydrogen-bond acceptors (Lipinski definition) is 2. The number of carbonyl (C=O) groups is 1. The van der Waals surface area contributed by atoms with Crippen LogP contribution in [0.15, 0.2) is 0 Å². The molecule has 0 aromatic carbocycles. The number of hydrogen-bond donors (Lipinski definition) is 1. The van der Waals surface area contributed by atoms with Crippen LogP contribution in [0.5, 0.6) is 0 Å². The van der Waals surface area contributed by atoms with E-state index in [1.165, 1.54) is 38.5 Å². The first-order valence-corrected chi connectivity index (χ1v) is 9.19. The number of amides is 1. The quantitative estimate of drug-likeness (QED) is 0.809. The summed E-state index contributed by atoms with van der Waals surface area (Å²) in [4.78, 5) is 14.3. The lowest BCUT2D eigenvalue weighted by Crippen LogP contribution is -2.40. The Hall–Kier alpha value is -0.570. The van der Waals surface area contributed by atoms with Gasteiger partial charge in [0.25, 0.3) is 0 Å². The second-order valence-electron chi connectivity index (χ2n) is 7.44. The molecule has 1 saturated heterocycles. The fourth-order valence-electron chi connectivity index (χ4n) is 3.73. The van der Waals surface area contributed by atoms with Gasteiger partial charge in [-0.2, -0.15) is 0 Å². The fraction of sp³-hybridized carbons (Fsp3) is 0.944. The third-order valence-electron chi connectivity index (χ3n) is 5.09. The lowest BCUT2D eigenvalue weighted by molar-refractivity contribution is -0.130. The molecule has 2 fully saturated rings. The Morgan fingerprint density at radius 1 is 1.10 bits per heavy atom. The van der Waals surface area contributed by atoms with Crippen LogP contribution in [0, 0.1) is 5.92 Å². The highest BCUT2D eigenvalue weighted by Crippen LogP contribution is 2.20. The average Bonchev–Trinajstić information content (AvgIpc) is 2.63. The number of nitrogens with zero attached hydrogens (tertiary/aromatic N) is 1. The van der Waals surface area contributed by atoms with Crippen LogP contribution < -0.4 is 5.32 Å². The van der Waals surface area contributed by atoms with Gasteiger partial charge in [0.15, 0.2) is 0 Å². The first-order chi connectivity index (χ1) is 10.1. The SMILES string of the molecule is CC(C)CCCN1CC[C@H](NC2CCCCC2)CCC1=O. The van der Waals surface area contributed by atoms with Crippen LogP contribution in [0.1, 0.15) is 78.1 Å². The smallest absolute Gasteiger partial charge is 0.222 e. The van der Waals surface area contributed by atoms with Crippen molar-refractivity contribution in [1.82, 2.24) is 10.2 Å². The van der Waals surface area contributed by atoms with Gasteiger partial charge in [0.2, 0.25) is 5.91 Å². The molecule has 21 heavy (non-hydrogen) atoms. The minimum Gasteiger partial charge on any atom is -0.343 e. The Morgan fingerprint density at radius 3 is 2.52 bits per heavy atom. The van der Waals surface area contributed by atoms with Crippen molar-refractivity contribution < 1.29 is 4.79 Å². The maximum Gasteiger partial charge on any atom is 0.222 e. The monoisotopic (exact) mass is 294 g/mol. The molecule has 0 aromatic heterocycles. The number of carbonyl (C=O) groups excluding carboxylic acids is 1. The molecule has 1 heterocycles. The molecule has 0 spiro atoms. The molecular weight excluding hydrogens is 260 g/mol. The largest absolute Gasteiger partial charge is 0.343 e. The van der Waals surface area contributed by atoms with Gasteiger partial charge in [-0.05, 0) is 44.4 Å². The Balaban J connectivity index is 1.72. The number of rotatable bonds is 6. The van der Waals surface area contributed by atoms with E-state index in [9.17, 15) is 4.79 Å². The molecule has 1 amide bonds. The van der Waals surface area contributed by atoms with Gasteiger partial charge in [0.05, 0.1) is 0 Å². The van der Waals surface area contributed by atoms with Crippen molar-refractivity contribution in [3.05, 3.63) is 0 Å². The van der Waals surface area contributed by atoms with Crippen molar-refractivity contribution in [2.24, 2.45) is 5.92 Å². The molecule has 1 aliphatic heterocycles. The molecular formula is C18H34N2O. The molecule has 3 heteroatoms. The summed E-state index contributed by atoms with van der Waals surface area (Å²) in [6, 6.07) is 1.28. The normalized spacial score (nSPS) is 25.4. The van der Waals surface area contributed by atoms with E-state index in [1.807, 2.05) is 0 Å². The molecule has 0 bridgehead atoms. The molecule has 0 unspecified atom stereocenters. The molecule has 1 saturated carbocycles. The Morgan fingerprint density at radius 2 is 1.81 bits per heavy atom. The van der Waals surface area contributed by atoms with Crippen molar-refractivity contribution >= 4 is 5.91 Å². The van der Waals surface area contributed by atoms with Crippen LogP contribution >= 0.6 is 0 Å². The first kappa shape index (κ1) is 16.8. The summed E-state index contributed by atoms with van der Waals surface area (Å²) in [6.07, 6.45) is 12.1. The van der Waals surface area contributed by atoms with Crippen molar-refractivity contribution in [1.29, 1.82) is 0 Å². The van der Waals surface area contributed by atoms with Gasteiger partial charge in [-0.3, -0.25) is 4.79 Å². The summed E-state index contributed by atoms with van der Waals surface area (Å²) >= 11 is 0. The van der Waals surface area contributed by atoms with E-state index in [0.717, 1.165) is 44.7 Å². The Bertz CT molecular complexity index is 310. The lowest BCUT2D eigenvalue weighted by Gasteiger charge is -2.28. The van der Waals surface area contributed by atoms with Crippen molar-refractivity contribution in [2.45, 2.75) is 90.1 Å². The summed E-state index contributed by atoms with van der Waals surface area (Å²) in [5.41, 5.74) is 0. The predicted molar refractivity (Wildman–Crippen MR) is 88.3 cm³/mol. The summed E-state index contributed by atoms with van der Waals surface area (Å²) in [7, 11) is 0. The first-order valence-electron chi connectivity index (χ1n) is 9.19. The summed E-state index contributed by atoms with van der Waals surface area (Å²) in [5, 5.41) is 3.83. The van der Waals surface area contributed by atoms with E-state index in [-0.39, 0.29) is 0 Å². The van der Waals surface area contributed by atoms with Gasteiger partial charge in [0, 0.05) is 31.6 Å². The van der Waals surface area contributed by atoms with Gasteiger partial charge in [-0.15, -0.1) is 0 Å². The zero-order valence-electron chi connectivity index (χ0n) is 14.1. The van der Waals surface area contributed by atoms with Gasteiger partial charge in [-0.25, -0.2) is 0 Å². The number of nitrogens with one attached hydrogen (secondary N) is 1. The van der Waals surface area contributed by atoms with Gasteiger partial charge < -0.3 is 10.2 Å². The molecule has 0 radical (unpaired) electrons. The van der Waals surface area contributed by atoms with Gasteiger partial charge >= 0.3 is 0 Å². The molecule has 1 atom stereocenters. The zero-order valence-corrected chi connectivity index (χ0v) is 14.1. The molecule has 2 rings (SSSR count). The van der Waals surface area contributed by atoms with Crippen molar-refractivity contribution in [2.75, 3.05) is 13.1 Å². The molecule has 122 valence electrons. The third-order valence-corrected chi connectivity index (χ3v) is 5.09. The number of likely N-dealkylation sites (tertiary alicyclic amines) is 1. The van der Waals surface area contributed by atoms with E-state index in [0.29, 0.717) is 18.0 Å². The molecule has 1 aliphatic carbocycles. The summed E-state index contributed by atoms with van der Waals surface area (Å²) in [5.74, 6) is 1.12. The molecule has 3 nitrogen and oxygen atoms in total. The highest BCUT2D eigenvalue weighted by molar-refractivity contribution is 5.76. The maximum absolute atomic E-state index is 12.2. The standard InChI is InChI=1S/C18H34N2O/c1-15(2)7-6-13-20-14-12-17(10-11-18(20)21)19-16-8-4-3-5-9-16/h15-17,19H,3-14H2,1-2H3/t17-/m1/s1. The zero-order chi connectivity index (χ0) is 15.1. The van der Waals surface area contributed by atoms with Crippen molar-refractivity contribution in [3.8, 4) is 0 Å². The second-order valence-corrected chi connectivity index (χ2v) is 7.44. The van der Waals surface area contributed by atoms with Crippen LogP contribution in [-0.4, -0.2) is 36.0 Å². The molecule has 0 aromatic rings. The van der Waals surface area contributed by atoms with Crippen LogP contribution in [-0.2, 0) is 4.79 Å². The Labute approximate surface area is 130 Å².